The Hall–Kier alpha value is -1.30. The van der Waals surface area contributed by atoms with Gasteiger partial charge in [0.2, 0.25) is 5.91 Å². The number of carbonyl (C=O) groups is 2. The molecule has 0 aromatic carbocycles. The Morgan fingerprint density at radius 3 is 2.44 bits per heavy atom. The van der Waals surface area contributed by atoms with Crippen molar-refractivity contribution in [3.05, 3.63) is 4.91 Å². The minimum Gasteiger partial charge on any atom is -0.383 e. The van der Waals surface area contributed by atoms with Crippen LogP contribution in [-0.2, 0) is 9.59 Å². The summed E-state index contributed by atoms with van der Waals surface area (Å²) in [7, 11) is 0. The number of hydrogen-bond donors (Lipinski definition) is 2. The van der Waals surface area contributed by atoms with E-state index in [0.29, 0.717) is 0 Å². The van der Waals surface area contributed by atoms with Crippen molar-refractivity contribution in [3.8, 4) is 0 Å². The van der Waals surface area contributed by atoms with Gasteiger partial charge in [-0.15, -0.1) is 0 Å². The number of ketones is 1. The number of Topliss-reactive ketones (excluding diaryl/α,β-unsaturated/α-hetero) is 1. The van der Waals surface area contributed by atoms with Crippen LogP contribution in [0.3, 0.4) is 0 Å². The van der Waals surface area contributed by atoms with Crippen molar-refractivity contribution in [2.75, 3.05) is 13.1 Å². The molecular weight excluding hydrogens is 212 g/mol. The molecule has 0 aliphatic heterocycles. The zero-order chi connectivity index (χ0) is 12.8. The van der Waals surface area contributed by atoms with E-state index in [0.717, 1.165) is 0 Å². The van der Waals surface area contributed by atoms with Crippen LogP contribution in [0.15, 0.2) is 5.18 Å². The predicted molar refractivity (Wildman–Crippen MR) is 58.8 cm³/mol. The molecule has 0 bridgehead atoms. The van der Waals surface area contributed by atoms with Crippen molar-refractivity contribution in [2.45, 2.75) is 33.3 Å². The van der Waals surface area contributed by atoms with Crippen LogP contribution in [0.4, 0.5) is 0 Å². The van der Waals surface area contributed by atoms with E-state index < -0.39 is 17.4 Å². The molecule has 1 unspecified atom stereocenters. The standard InChI is InChI=1S/C10H18N2O4/c1-7(13)4-5-11-9(15)8(14)10(2,3)6-12-16/h8,14H,4-6H2,1-3H3,(H,11,15). The molecule has 6 nitrogen and oxygen atoms in total. The fourth-order valence-corrected chi connectivity index (χ4v) is 1.07. The molecule has 0 fully saturated rings. The summed E-state index contributed by atoms with van der Waals surface area (Å²) in [5.74, 6) is -0.626. The number of aliphatic hydroxyl groups is 1. The van der Waals surface area contributed by atoms with Gasteiger partial charge in [-0.05, 0) is 6.92 Å². The highest BCUT2D eigenvalue weighted by molar-refractivity contribution is 5.82. The minimum atomic E-state index is -1.31. The monoisotopic (exact) mass is 230 g/mol. The summed E-state index contributed by atoms with van der Waals surface area (Å²) in [5, 5.41) is 14.7. The van der Waals surface area contributed by atoms with Gasteiger partial charge in [0.1, 0.15) is 11.9 Å². The van der Waals surface area contributed by atoms with E-state index in [9.17, 15) is 19.6 Å². The molecule has 0 rings (SSSR count). The molecule has 0 aromatic rings. The maximum absolute atomic E-state index is 11.4. The largest absolute Gasteiger partial charge is 0.383 e. The lowest BCUT2D eigenvalue weighted by molar-refractivity contribution is -0.134. The Morgan fingerprint density at radius 1 is 1.44 bits per heavy atom. The van der Waals surface area contributed by atoms with Gasteiger partial charge < -0.3 is 10.4 Å². The van der Waals surface area contributed by atoms with Gasteiger partial charge in [-0.25, -0.2) is 0 Å². The van der Waals surface area contributed by atoms with Crippen molar-refractivity contribution < 1.29 is 14.7 Å². The van der Waals surface area contributed by atoms with Crippen LogP contribution < -0.4 is 5.32 Å². The fourth-order valence-electron chi connectivity index (χ4n) is 1.07. The number of nitrogens with zero attached hydrogens (tertiary/aromatic N) is 1. The summed E-state index contributed by atoms with van der Waals surface area (Å²) in [6.07, 6.45) is -1.08. The SMILES string of the molecule is CC(=O)CCNC(=O)C(O)C(C)(C)CN=O. The summed E-state index contributed by atoms with van der Waals surface area (Å²) >= 11 is 0. The first kappa shape index (κ1) is 14.7. The molecule has 6 heteroatoms. The quantitative estimate of drug-likeness (QED) is 0.612. The molecule has 0 radical (unpaired) electrons. The van der Waals surface area contributed by atoms with Crippen molar-refractivity contribution in [3.63, 3.8) is 0 Å². The van der Waals surface area contributed by atoms with Gasteiger partial charge in [-0.2, -0.15) is 4.91 Å². The first-order valence-corrected chi connectivity index (χ1v) is 5.05. The zero-order valence-corrected chi connectivity index (χ0v) is 9.82. The topological polar surface area (TPSA) is 95.8 Å². The van der Waals surface area contributed by atoms with E-state index in [1.54, 1.807) is 13.8 Å². The zero-order valence-electron chi connectivity index (χ0n) is 9.82. The molecule has 1 amide bonds. The van der Waals surface area contributed by atoms with Gasteiger partial charge in [0.25, 0.3) is 0 Å². The van der Waals surface area contributed by atoms with Crippen LogP contribution in [0.25, 0.3) is 0 Å². The molecule has 0 aromatic heterocycles. The second-order valence-electron chi connectivity index (χ2n) is 4.42. The van der Waals surface area contributed by atoms with Gasteiger partial charge in [-0.3, -0.25) is 9.59 Å². The number of amides is 1. The summed E-state index contributed by atoms with van der Waals surface area (Å²) in [6.45, 7) is 4.61. The van der Waals surface area contributed by atoms with Crippen molar-refractivity contribution in [2.24, 2.45) is 10.6 Å². The molecule has 0 aliphatic rings. The Kier molecular flexibility index (Phi) is 5.81. The van der Waals surface area contributed by atoms with Gasteiger partial charge >= 0.3 is 0 Å². The summed E-state index contributed by atoms with van der Waals surface area (Å²) in [4.78, 5) is 32.2. The van der Waals surface area contributed by atoms with Crippen LogP contribution in [0, 0.1) is 10.3 Å². The van der Waals surface area contributed by atoms with Crippen LogP contribution in [-0.4, -0.2) is 36.0 Å². The van der Waals surface area contributed by atoms with Gasteiger partial charge in [0, 0.05) is 18.4 Å². The fraction of sp³-hybridized carbons (Fsp3) is 0.800. The third kappa shape index (κ3) is 4.97. The molecule has 0 aliphatic carbocycles. The maximum atomic E-state index is 11.4. The van der Waals surface area contributed by atoms with Crippen LogP contribution in [0.1, 0.15) is 27.2 Å². The number of rotatable bonds is 7. The highest BCUT2D eigenvalue weighted by Crippen LogP contribution is 2.21. The summed E-state index contributed by atoms with van der Waals surface area (Å²) in [6, 6.07) is 0. The van der Waals surface area contributed by atoms with Crippen LogP contribution in [0.2, 0.25) is 0 Å². The van der Waals surface area contributed by atoms with Crippen LogP contribution in [0.5, 0.6) is 0 Å². The van der Waals surface area contributed by atoms with Crippen molar-refractivity contribution in [1.82, 2.24) is 5.32 Å². The molecule has 2 N–H and O–H groups in total. The molecule has 0 spiro atoms. The minimum absolute atomic E-state index is 0.0383. The Bertz CT molecular complexity index is 276. The summed E-state index contributed by atoms with van der Waals surface area (Å²) < 4.78 is 0. The molecule has 0 saturated heterocycles. The first-order valence-electron chi connectivity index (χ1n) is 5.05. The van der Waals surface area contributed by atoms with Crippen LogP contribution >= 0.6 is 0 Å². The van der Waals surface area contributed by atoms with Gasteiger partial charge in [-0.1, -0.05) is 19.0 Å². The lowest BCUT2D eigenvalue weighted by Gasteiger charge is -2.26. The normalized spacial score (nSPS) is 13.0. The van der Waals surface area contributed by atoms with Crippen molar-refractivity contribution >= 4 is 11.7 Å². The van der Waals surface area contributed by atoms with Gasteiger partial charge in [0.15, 0.2) is 0 Å². The highest BCUT2D eigenvalue weighted by atomic mass is 16.3. The average molecular weight is 230 g/mol. The average Bonchev–Trinajstić information content (AvgIpc) is 2.15. The number of carbonyl (C=O) groups excluding carboxylic acids is 2. The molecule has 1 atom stereocenters. The second kappa shape index (κ2) is 6.32. The van der Waals surface area contributed by atoms with E-state index >= 15 is 0 Å². The Morgan fingerprint density at radius 2 is 2.00 bits per heavy atom. The van der Waals surface area contributed by atoms with Crippen molar-refractivity contribution in [1.29, 1.82) is 0 Å². The molecular formula is C10H18N2O4. The van der Waals surface area contributed by atoms with E-state index in [1.807, 2.05) is 0 Å². The molecule has 92 valence electrons. The number of hydrogen-bond acceptors (Lipinski definition) is 5. The lowest BCUT2D eigenvalue weighted by Crippen LogP contribution is -2.45. The molecule has 0 heterocycles. The van der Waals surface area contributed by atoms with E-state index in [4.69, 9.17) is 0 Å². The van der Waals surface area contributed by atoms with E-state index in [2.05, 4.69) is 10.5 Å². The second-order valence-corrected chi connectivity index (χ2v) is 4.42. The highest BCUT2D eigenvalue weighted by Gasteiger charge is 2.33. The predicted octanol–water partition coefficient (Wildman–Crippen LogP) is 0.235. The first-order chi connectivity index (χ1) is 7.31. The number of nitroso groups, excluding NO2 is 1. The van der Waals surface area contributed by atoms with Gasteiger partial charge in [0.05, 0.1) is 6.54 Å². The summed E-state index contributed by atoms with van der Waals surface area (Å²) in [5.41, 5.74) is -0.901. The smallest absolute Gasteiger partial charge is 0.249 e. The molecule has 16 heavy (non-hydrogen) atoms. The van der Waals surface area contributed by atoms with E-state index in [1.165, 1.54) is 6.92 Å². The maximum Gasteiger partial charge on any atom is 0.249 e. The molecule has 0 saturated carbocycles. The lowest BCUT2D eigenvalue weighted by atomic mass is 9.86. The van der Waals surface area contributed by atoms with E-state index in [-0.39, 0.29) is 25.3 Å². The number of aliphatic hydroxyl groups excluding tert-OH is 1. The third-order valence-electron chi connectivity index (χ3n) is 2.24. The Labute approximate surface area is 94.4 Å². The third-order valence-corrected chi connectivity index (χ3v) is 2.24. The number of nitrogens with one attached hydrogen (secondary N) is 1. The Balaban J connectivity index is 4.17.